The quantitative estimate of drug-likeness (QED) is 0.748. The number of carboxylic acids is 1. The number of carboxylic acid groups (broad SMARTS) is 1. The van der Waals surface area contributed by atoms with Gasteiger partial charge in [-0.1, -0.05) is 0 Å². The monoisotopic (exact) mass is 284 g/mol. The minimum absolute atomic E-state index is 0.0743. The third-order valence-corrected chi connectivity index (χ3v) is 4.91. The summed E-state index contributed by atoms with van der Waals surface area (Å²) in [4.78, 5) is 13.6. The van der Waals surface area contributed by atoms with Gasteiger partial charge in [0.25, 0.3) is 0 Å². The summed E-state index contributed by atoms with van der Waals surface area (Å²) in [5.41, 5.74) is -0.0743. The summed E-state index contributed by atoms with van der Waals surface area (Å²) in [6.45, 7) is 4.49. The lowest BCUT2D eigenvalue weighted by atomic mass is 9.83. The Morgan fingerprint density at radius 3 is 2.85 bits per heavy atom. The van der Waals surface area contributed by atoms with Crippen molar-refractivity contribution in [1.82, 2.24) is 10.2 Å². The van der Waals surface area contributed by atoms with Crippen LogP contribution in [0.1, 0.15) is 25.7 Å². The topological polar surface area (TPSA) is 71.0 Å². The lowest BCUT2D eigenvalue weighted by Crippen LogP contribution is -2.61. The Morgan fingerprint density at radius 1 is 1.30 bits per heavy atom. The van der Waals surface area contributed by atoms with E-state index in [1.165, 1.54) is 0 Å². The molecule has 1 spiro atoms. The van der Waals surface area contributed by atoms with Crippen LogP contribution in [0.2, 0.25) is 0 Å². The van der Waals surface area contributed by atoms with Crippen molar-refractivity contribution in [2.24, 2.45) is 0 Å². The van der Waals surface area contributed by atoms with Gasteiger partial charge in [-0.05, 0) is 25.7 Å². The van der Waals surface area contributed by atoms with Crippen LogP contribution in [0.25, 0.3) is 0 Å². The average molecular weight is 284 g/mol. The number of carbonyl (C=O) groups is 1. The minimum atomic E-state index is -0.718. The smallest absolute Gasteiger partial charge is 0.322 e. The number of aliphatic carboxylic acids is 1. The first kappa shape index (κ1) is 14.3. The molecule has 6 heteroatoms. The fraction of sp³-hybridized carbons (Fsp3) is 0.929. The van der Waals surface area contributed by atoms with Gasteiger partial charge in [0.05, 0.1) is 5.60 Å². The summed E-state index contributed by atoms with van der Waals surface area (Å²) in [6, 6.07) is -0.0752. The van der Waals surface area contributed by atoms with E-state index in [4.69, 9.17) is 9.47 Å². The number of rotatable bonds is 2. The molecule has 0 aromatic heterocycles. The maximum Gasteiger partial charge on any atom is 0.322 e. The maximum atomic E-state index is 11.4. The summed E-state index contributed by atoms with van der Waals surface area (Å²) >= 11 is 0. The van der Waals surface area contributed by atoms with Gasteiger partial charge >= 0.3 is 5.97 Å². The summed E-state index contributed by atoms with van der Waals surface area (Å²) in [7, 11) is 0. The molecular formula is C14H24N2O4. The highest BCUT2D eigenvalue weighted by Gasteiger charge is 2.43. The predicted molar refractivity (Wildman–Crippen MR) is 72.8 cm³/mol. The number of hydrogen-bond donors (Lipinski definition) is 2. The molecule has 114 valence electrons. The Bertz CT molecular complexity index is 352. The summed E-state index contributed by atoms with van der Waals surface area (Å²) in [5.74, 6) is -0.718. The molecule has 3 aliphatic rings. The van der Waals surface area contributed by atoms with Crippen molar-refractivity contribution < 1.29 is 19.4 Å². The highest BCUT2D eigenvalue weighted by molar-refractivity contribution is 5.74. The zero-order valence-corrected chi connectivity index (χ0v) is 11.8. The molecule has 2 unspecified atom stereocenters. The molecule has 0 bridgehead atoms. The van der Waals surface area contributed by atoms with Crippen molar-refractivity contribution in [1.29, 1.82) is 0 Å². The van der Waals surface area contributed by atoms with Gasteiger partial charge in [0.15, 0.2) is 0 Å². The average Bonchev–Trinajstić information content (AvgIpc) is 2.48. The lowest BCUT2D eigenvalue weighted by molar-refractivity contribution is -0.163. The first-order valence-electron chi connectivity index (χ1n) is 7.61. The third-order valence-electron chi connectivity index (χ3n) is 4.91. The number of piperazine rings is 1. The van der Waals surface area contributed by atoms with Crippen molar-refractivity contribution in [3.8, 4) is 0 Å². The number of nitrogens with one attached hydrogen (secondary N) is 1. The molecule has 2 atom stereocenters. The van der Waals surface area contributed by atoms with E-state index in [-0.39, 0.29) is 5.60 Å². The Labute approximate surface area is 119 Å². The Hall–Kier alpha value is -0.690. The molecule has 3 fully saturated rings. The van der Waals surface area contributed by atoms with Crippen LogP contribution in [-0.2, 0) is 14.3 Å². The van der Waals surface area contributed by atoms with E-state index in [1.807, 2.05) is 0 Å². The number of hydrogen-bond acceptors (Lipinski definition) is 5. The van der Waals surface area contributed by atoms with Crippen LogP contribution in [0.4, 0.5) is 0 Å². The second-order valence-electron chi connectivity index (χ2n) is 6.09. The molecule has 0 amide bonds. The Balaban J connectivity index is 1.70. The maximum absolute atomic E-state index is 11.4. The molecule has 0 aromatic carbocycles. The van der Waals surface area contributed by atoms with E-state index >= 15 is 0 Å². The molecule has 3 saturated heterocycles. The van der Waals surface area contributed by atoms with Gasteiger partial charge in [0.1, 0.15) is 6.04 Å². The van der Waals surface area contributed by atoms with Gasteiger partial charge in [0.2, 0.25) is 0 Å². The van der Waals surface area contributed by atoms with Crippen LogP contribution in [0.15, 0.2) is 0 Å². The van der Waals surface area contributed by atoms with Crippen LogP contribution in [-0.4, -0.2) is 73.1 Å². The molecule has 0 aliphatic carbocycles. The van der Waals surface area contributed by atoms with E-state index in [1.54, 1.807) is 0 Å². The van der Waals surface area contributed by atoms with Crippen LogP contribution in [0.3, 0.4) is 0 Å². The summed E-state index contributed by atoms with van der Waals surface area (Å²) in [5, 5.41) is 12.6. The van der Waals surface area contributed by atoms with Gasteiger partial charge in [-0.3, -0.25) is 9.69 Å². The molecule has 3 heterocycles. The van der Waals surface area contributed by atoms with Crippen LogP contribution >= 0.6 is 0 Å². The van der Waals surface area contributed by atoms with Crippen molar-refractivity contribution in [3.05, 3.63) is 0 Å². The van der Waals surface area contributed by atoms with Crippen molar-refractivity contribution in [3.63, 3.8) is 0 Å². The van der Waals surface area contributed by atoms with E-state index in [2.05, 4.69) is 10.2 Å². The molecule has 3 rings (SSSR count). The molecule has 2 N–H and O–H groups in total. The van der Waals surface area contributed by atoms with Crippen LogP contribution in [0, 0.1) is 0 Å². The highest BCUT2D eigenvalue weighted by Crippen LogP contribution is 2.36. The van der Waals surface area contributed by atoms with Gasteiger partial charge < -0.3 is 19.9 Å². The van der Waals surface area contributed by atoms with Gasteiger partial charge in [-0.2, -0.15) is 0 Å². The Morgan fingerprint density at radius 2 is 2.10 bits per heavy atom. The largest absolute Gasteiger partial charge is 0.480 e. The van der Waals surface area contributed by atoms with Crippen molar-refractivity contribution in [2.45, 2.75) is 43.4 Å². The molecule has 0 saturated carbocycles. The zero-order chi connectivity index (χ0) is 14.0. The van der Waals surface area contributed by atoms with Gasteiger partial charge in [0, 0.05) is 45.5 Å². The van der Waals surface area contributed by atoms with Gasteiger partial charge in [-0.15, -0.1) is 0 Å². The summed E-state index contributed by atoms with van der Waals surface area (Å²) < 4.78 is 11.5. The molecule has 3 aliphatic heterocycles. The number of nitrogens with zero attached hydrogens (tertiary/aromatic N) is 1. The SMILES string of the molecule is O=C(O)C1CNCCN1C1CCOC2(CCOCC2)C1. The first-order valence-corrected chi connectivity index (χ1v) is 7.61. The van der Waals surface area contributed by atoms with E-state index in [0.717, 1.165) is 58.6 Å². The van der Waals surface area contributed by atoms with Gasteiger partial charge in [-0.25, -0.2) is 0 Å². The second-order valence-corrected chi connectivity index (χ2v) is 6.09. The van der Waals surface area contributed by atoms with E-state index < -0.39 is 12.0 Å². The number of ether oxygens (including phenoxy) is 2. The standard InChI is InChI=1S/C14H24N2O4/c17-13(18)12-10-15-4-5-16(12)11-1-6-20-14(9-11)2-7-19-8-3-14/h11-12,15H,1-10H2,(H,17,18). The lowest BCUT2D eigenvalue weighted by Gasteiger charge is -2.48. The fourth-order valence-electron chi connectivity index (χ4n) is 3.76. The molecule has 6 nitrogen and oxygen atoms in total. The molecule has 0 aromatic rings. The normalized spacial score (nSPS) is 35.0. The zero-order valence-electron chi connectivity index (χ0n) is 11.8. The van der Waals surface area contributed by atoms with Crippen molar-refractivity contribution in [2.75, 3.05) is 39.5 Å². The fourth-order valence-corrected chi connectivity index (χ4v) is 3.76. The predicted octanol–water partition coefficient (Wildman–Crippen LogP) is 0.0730. The second kappa shape index (κ2) is 5.97. The van der Waals surface area contributed by atoms with Crippen LogP contribution < -0.4 is 5.32 Å². The van der Waals surface area contributed by atoms with E-state index in [0.29, 0.717) is 12.6 Å². The van der Waals surface area contributed by atoms with E-state index in [9.17, 15) is 9.90 Å². The minimum Gasteiger partial charge on any atom is -0.480 e. The van der Waals surface area contributed by atoms with Crippen molar-refractivity contribution >= 4 is 5.97 Å². The Kier molecular flexibility index (Phi) is 4.26. The highest BCUT2D eigenvalue weighted by atomic mass is 16.5. The molecular weight excluding hydrogens is 260 g/mol. The molecule has 20 heavy (non-hydrogen) atoms. The third kappa shape index (κ3) is 2.83. The first-order chi connectivity index (χ1) is 9.70. The molecule has 0 radical (unpaired) electrons. The van der Waals surface area contributed by atoms with Crippen LogP contribution in [0.5, 0.6) is 0 Å². The summed E-state index contributed by atoms with van der Waals surface area (Å²) in [6.07, 6.45) is 3.76.